The van der Waals surface area contributed by atoms with Gasteiger partial charge in [0.1, 0.15) is 5.56 Å². The first-order valence-corrected chi connectivity index (χ1v) is 13.6. The number of fused-ring (bicyclic) bond motifs is 1. The van der Waals surface area contributed by atoms with E-state index in [1.807, 2.05) is 6.92 Å². The van der Waals surface area contributed by atoms with Crippen molar-refractivity contribution in [1.82, 2.24) is 0 Å². The van der Waals surface area contributed by atoms with Gasteiger partial charge in [0.25, 0.3) is 0 Å². The van der Waals surface area contributed by atoms with Gasteiger partial charge >= 0.3 is 20.8 Å². The zero-order chi connectivity index (χ0) is 25.7. The van der Waals surface area contributed by atoms with Crippen molar-refractivity contribution in [2.45, 2.75) is 59.3 Å². The van der Waals surface area contributed by atoms with Gasteiger partial charge in [-0.25, -0.2) is 0 Å². The lowest BCUT2D eigenvalue weighted by Gasteiger charge is -2.59. The summed E-state index contributed by atoms with van der Waals surface area (Å²) in [6.45, 7) is 10.6. The van der Waals surface area contributed by atoms with Gasteiger partial charge in [0.15, 0.2) is 23.5 Å². The quantitative estimate of drug-likeness (QED) is 0.274. The number of hydrogen-bond donors (Lipinski definition) is 3. The van der Waals surface area contributed by atoms with Crippen LogP contribution < -0.4 is 8.37 Å². The lowest BCUT2D eigenvalue weighted by atomic mass is 9.46. The van der Waals surface area contributed by atoms with E-state index in [1.54, 1.807) is 0 Å². The Hall–Kier alpha value is -2.15. The van der Waals surface area contributed by atoms with Gasteiger partial charge in [-0.3, -0.25) is 13.9 Å². The van der Waals surface area contributed by atoms with Gasteiger partial charge < -0.3 is 13.5 Å². The third-order valence-corrected chi connectivity index (χ3v) is 8.74. The molecule has 0 saturated heterocycles. The minimum absolute atomic E-state index is 0.0194. The zero-order valence-corrected chi connectivity index (χ0v) is 20.9. The highest BCUT2D eigenvalue weighted by Gasteiger charge is 2.54. The lowest BCUT2D eigenvalue weighted by molar-refractivity contribution is -0.0490. The van der Waals surface area contributed by atoms with E-state index >= 15 is 0 Å². The van der Waals surface area contributed by atoms with Crippen LogP contribution in [0.15, 0.2) is 18.2 Å². The molecule has 1 aromatic carbocycles. The van der Waals surface area contributed by atoms with Crippen LogP contribution in [0.2, 0.25) is 0 Å². The molecule has 3 N–H and O–H groups in total. The number of carbonyl (C=O) groups excluding carboxylic acids is 1. The first kappa shape index (κ1) is 26.5. The molecule has 190 valence electrons. The number of phenolic OH excluding ortho intramolecular Hbond substituents is 1. The molecule has 2 fully saturated rings. The largest absolute Gasteiger partial charge is 0.504 e. The number of benzene rings is 1. The van der Waals surface area contributed by atoms with E-state index in [9.17, 15) is 31.3 Å². The van der Waals surface area contributed by atoms with Crippen LogP contribution in [0.4, 0.5) is 0 Å². The second-order valence-electron chi connectivity index (χ2n) is 9.85. The number of aldehydes is 1. The van der Waals surface area contributed by atoms with Crippen LogP contribution >= 0.6 is 0 Å². The van der Waals surface area contributed by atoms with Gasteiger partial charge in [0, 0.05) is 5.56 Å². The average Bonchev–Trinajstić information content (AvgIpc) is 2.69. The van der Waals surface area contributed by atoms with Crippen LogP contribution in [0.25, 0.3) is 0 Å². The second kappa shape index (κ2) is 8.81. The summed E-state index contributed by atoms with van der Waals surface area (Å²) in [5.74, 6) is -2.21. The van der Waals surface area contributed by atoms with E-state index in [4.69, 9.17) is 4.55 Å². The molecule has 2 aliphatic carbocycles. The Labute approximate surface area is 199 Å². The summed E-state index contributed by atoms with van der Waals surface area (Å²) in [6, 6.07) is 0.998. The van der Waals surface area contributed by atoms with Crippen LogP contribution in [0.5, 0.6) is 17.2 Å². The molecule has 2 saturated carbocycles. The van der Waals surface area contributed by atoms with Crippen LogP contribution in [0, 0.1) is 22.7 Å². The van der Waals surface area contributed by atoms with E-state index < -0.39 is 49.0 Å². The molecule has 3 rings (SSSR count). The minimum Gasteiger partial charge on any atom is -0.504 e. The predicted octanol–water partition coefficient (Wildman–Crippen LogP) is 3.91. The Morgan fingerprint density at radius 3 is 2.32 bits per heavy atom. The fourth-order valence-corrected chi connectivity index (χ4v) is 6.76. The van der Waals surface area contributed by atoms with Crippen LogP contribution in [0.1, 0.15) is 68.8 Å². The summed E-state index contributed by atoms with van der Waals surface area (Å²) in [6.07, 6.45) is 4.68. The molecule has 12 heteroatoms. The third kappa shape index (κ3) is 4.95. The SMILES string of the molecule is C=C1CCCC2C1(C)CCC(C)C2(C)Cc1cc(OS(=O)(=O)O)c(O)c(C=O)c1OS(=O)(=O)O. The minimum atomic E-state index is -5.11. The maximum absolute atomic E-state index is 11.8. The van der Waals surface area contributed by atoms with Crippen LogP contribution in [-0.2, 0) is 27.2 Å². The van der Waals surface area contributed by atoms with Crippen molar-refractivity contribution in [2.24, 2.45) is 22.7 Å². The van der Waals surface area contributed by atoms with E-state index in [0.29, 0.717) is 0 Å². The summed E-state index contributed by atoms with van der Waals surface area (Å²) in [7, 11) is -10.2. The second-order valence-corrected chi connectivity index (χ2v) is 11.9. The molecule has 4 atom stereocenters. The number of hydrogen-bond acceptors (Lipinski definition) is 8. The number of aromatic hydroxyl groups is 1. The number of rotatable bonds is 7. The molecular formula is C22H30O10S2. The van der Waals surface area contributed by atoms with Crippen molar-refractivity contribution in [3.8, 4) is 17.2 Å². The monoisotopic (exact) mass is 518 g/mol. The number of phenols is 1. The Kier molecular flexibility index (Phi) is 6.86. The van der Waals surface area contributed by atoms with Gasteiger partial charge in [-0.15, -0.1) is 0 Å². The van der Waals surface area contributed by atoms with Crippen LogP contribution in [-0.4, -0.2) is 37.3 Å². The zero-order valence-electron chi connectivity index (χ0n) is 19.3. The number of allylic oxidation sites excluding steroid dienone is 1. The summed E-state index contributed by atoms with van der Waals surface area (Å²) in [5, 5.41) is 10.3. The molecule has 2 aliphatic rings. The summed E-state index contributed by atoms with van der Waals surface area (Å²) >= 11 is 0. The molecule has 0 bridgehead atoms. The fraction of sp³-hybridized carbons (Fsp3) is 0.591. The normalized spacial score (nSPS) is 29.9. The third-order valence-electron chi connectivity index (χ3n) is 7.97. The molecule has 10 nitrogen and oxygen atoms in total. The predicted molar refractivity (Wildman–Crippen MR) is 123 cm³/mol. The first-order chi connectivity index (χ1) is 15.5. The molecule has 0 aromatic heterocycles. The highest BCUT2D eigenvalue weighted by molar-refractivity contribution is 7.81. The average molecular weight is 519 g/mol. The highest BCUT2D eigenvalue weighted by atomic mass is 32.3. The molecule has 34 heavy (non-hydrogen) atoms. The van der Waals surface area contributed by atoms with Crippen molar-refractivity contribution in [1.29, 1.82) is 0 Å². The Bertz CT molecular complexity index is 1220. The van der Waals surface area contributed by atoms with Crippen LogP contribution in [0.3, 0.4) is 0 Å². The van der Waals surface area contributed by atoms with Gasteiger partial charge in [-0.1, -0.05) is 32.9 Å². The molecule has 4 unspecified atom stereocenters. The Balaban J connectivity index is 2.22. The fourth-order valence-electron chi connectivity index (χ4n) is 6.00. The molecule has 0 spiro atoms. The van der Waals surface area contributed by atoms with E-state index in [1.165, 1.54) is 0 Å². The molecule has 0 aliphatic heterocycles. The lowest BCUT2D eigenvalue weighted by Crippen LogP contribution is -2.51. The van der Waals surface area contributed by atoms with E-state index in [2.05, 4.69) is 28.8 Å². The topological polar surface area (TPSA) is 164 Å². The standard InChI is InChI=1S/C22H30O10S2/c1-13-6-5-7-18-21(13,3)9-8-14(2)22(18,4)11-15-10-17(31-33(25,26)27)19(24)16(12-23)20(15)32-34(28,29)30/h10,12,14,18,24H,1,5-9,11H2,2-4H3,(H,25,26,27)(H,28,29,30). The van der Waals surface area contributed by atoms with Gasteiger partial charge in [-0.05, 0) is 67.3 Å². The number of carbonyl (C=O) groups is 1. The Morgan fingerprint density at radius 1 is 1.15 bits per heavy atom. The van der Waals surface area contributed by atoms with Crippen molar-refractivity contribution >= 4 is 27.1 Å². The van der Waals surface area contributed by atoms with E-state index in [-0.39, 0.29) is 35.5 Å². The van der Waals surface area contributed by atoms with Gasteiger partial charge in [0.2, 0.25) is 0 Å². The summed E-state index contributed by atoms with van der Waals surface area (Å²) in [4.78, 5) is 11.8. The Morgan fingerprint density at radius 2 is 1.76 bits per heavy atom. The maximum Gasteiger partial charge on any atom is 0.446 e. The molecule has 1 aromatic rings. The summed E-state index contributed by atoms with van der Waals surface area (Å²) < 4.78 is 73.3. The molecular weight excluding hydrogens is 488 g/mol. The molecule has 0 radical (unpaired) electrons. The smallest absolute Gasteiger partial charge is 0.446 e. The molecule has 0 heterocycles. The molecule has 0 amide bonds. The van der Waals surface area contributed by atoms with Crippen molar-refractivity contribution in [3.63, 3.8) is 0 Å². The van der Waals surface area contributed by atoms with Crippen molar-refractivity contribution in [2.75, 3.05) is 0 Å². The maximum atomic E-state index is 11.8. The van der Waals surface area contributed by atoms with Crippen molar-refractivity contribution in [3.05, 3.63) is 29.3 Å². The van der Waals surface area contributed by atoms with Gasteiger partial charge in [-0.2, -0.15) is 16.8 Å². The van der Waals surface area contributed by atoms with E-state index in [0.717, 1.165) is 43.7 Å². The first-order valence-electron chi connectivity index (χ1n) is 10.9. The van der Waals surface area contributed by atoms with Crippen molar-refractivity contribution < 1.29 is 44.2 Å². The van der Waals surface area contributed by atoms with Gasteiger partial charge in [0.05, 0.1) is 0 Å². The summed E-state index contributed by atoms with van der Waals surface area (Å²) in [5.41, 5.74) is -0.226. The highest BCUT2D eigenvalue weighted by Crippen LogP contribution is 2.62.